The molecule has 5 heteroatoms. The molecule has 100 valence electrons. The number of aliphatic hydroxyl groups is 1. The van der Waals surface area contributed by atoms with E-state index in [9.17, 15) is 9.90 Å². The molecule has 1 rings (SSSR count). The molecular weight excluding hydrogens is 238 g/mol. The van der Waals surface area contributed by atoms with Crippen LogP contribution >= 0.6 is 11.8 Å². The summed E-state index contributed by atoms with van der Waals surface area (Å²) in [7, 11) is 0. The second kappa shape index (κ2) is 5.06. The van der Waals surface area contributed by atoms with Gasteiger partial charge in [-0.3, -0.25) is 0 Å². The number of carbonyl (C=O) groups excluding carboxylic acids is 1. The predicted octanol–water partition coefficient (Wildman–Crippen LogP) is 2.11. The number of hydrogen-bond acceptors (Lipinski definition) is 4. The number of carbonyl (C=O) groups is 1. The summed E-state index contributed by atoms with van der Waals surface area (Å²) in [5, 5.41) is 9.48. The summed E-state index contributed by atoms with van der Waals surface area (Å²) in [4.78, 5) is 13.7. The molecule has 17 heavy (non-hydrogen) atoms. The Kier molecular flexibility index (Phi) is 4.36. The molecule has 1 heterocycles. The molecular formula is C12H23NO3S. The molecule has 0 aromatic heterocycles. The molecule has 0 aromatic carbocycles. The van der Waals surface area contributed by atoms with Gasteiger partial charge in [0, 0.05) is 17.0 Å². The molecule has 1 fully saturated rings. The molecule has 4 nitrogen and oxygen atoms in total. The molecule has 1 aliphatic heterocycles. The summed E-state index contributed by atoms with van der Waals surface area (Å²) >= 11 is 1.78. The maximum atomic E-state index is 12.1. The van der Waals surface area contributed by atoms with Gasteiger partial charge in [0.2, 0.25) is 0 Å². The molecule has 1 unspecified atom stereocenters. The number of nitrogens with zero attached hydrogens (tertiary/aromatic N) is 1. The van der Waals surface area contributed by atoms with E-state index in [0.29, 0.717) is 6.54 Å². The van der Waals surface area contributed by atoms with E-state index in [-0.39, 0.29) is 23.5 Å². The normalized spacial score (nSPS) is 24.6. The van der Waals surface area contributed by atoms with Crippen molar-refractivity contribution in [1.82, 2.24) is 4.90 Å². The third-order valence-electron chi connectivity index (χ3n) is 2.79. The zero-order valence-corrected chi connectivity index (χ0v) is 12.1. The van der Waals surface area contributed by atoms with Crippen molar-refractivity contribution >= 4 is 17.9 Å². The third-order valence-corrected chi connectivity index (χ3v) is 4.19. The lowest BCUT2D eigenvalue weighted by atomic mass is 10.0. The molecule has 0 radical (unpaired) electrons. The molecule has 0 aliphatic carbocycles. The van der Waals surface area contributed by atoms with Gasteiger partial charge in [0.25, 0.3) is 0 Å². The highest BCUT2D eigenvalue weighted by molar-refractivity contribution is 8.00. The van der Waals surface area contributed by atoms with Crippen molar-refractivity contribution in [2.24, 2.45) is 0 Å². The zero-order chi connectivity index (χ0) is 13.3. The first-order valence-corrected chi connectivity index (χ1v) is 6.90. The van der Waals surface area contributed by atoms with E-state index in [1.165, 1.54) is 0 Å². The number of hydrogen-bond donors (Lipinski definition) is 1. The van der Waals surface area contributed by atoms with Gasteiger partial charge >= 0.3 is 6.09 Å². The molecule has 1 saturated heterocycles. The number of thioether (sulfide) groups is 1. The van der Waals surface area contributed by atoms with Crippen LogP contribution in [0.1, 0.15) is 34.6 Å². The minimum Gasteiger partial charge on any atom is -0.444 e. The summed E-state index contributed by atoms with van der Waals surface area (Å²) in [6.07, 6.45) is -0.329. The quantitative estimate of drug-likeness (QED) is 0.785. The van der Waals surface area contributed by atoms with Crippen LogP contribution in [0.25, 0.3) is 0 Å². The summed E-state index contributed by atoms with van der Waals surface area (Å²) in [6.45, 7) is 10.3. The van der Waals surface area contributed by atoms with Crippen molar-refractivity contribution in [1.29, 1.82) is 0 Å². The smallest absolute Gasteiger partial charge is 0.410 e. The van der Waals surface area contributed by atoms with Gasteiger partial charge in [0.15, 0.2) is 0 Å². The van der Waals surface area contributed by atoms with E-state index in [4.69, 9.17) is 4.74 Å². The van der Waals surface area contributed by atoms with Crippen molar-refractivity contribution in [3.63, 3.8) is 0 Å². The van der Waals surface area contributed by atoms with Crippen molar-refractivity contribution in [2.75, 3.05) is 18.9 Å². The Balaban J connectivity index is 2.78. The Bertz CT molecular complexity index is 286. The fourth-order valence-electron chi connectivity index (χ4n) is 1.89. The number of rotatable bonds is 1. The topological polar surface area (TPSA) is 49.8 Å². The minimum atomic E-state index is -0.494. The number of ether oxygens (including phenoxy) is 1. The van der Waals surface area contributed by atoms with Crippen LogP contribution in [0.5, 0.6) is 0 Å². The van der Waals surface area contributed by atoms with Crippen LogP contribution in [0.4, 0.5) is 4.79 Å². The minimum absolute atomic E-state index is 0.0285. The van der Waals surface area contributed by atoms with Gasteiger partial charge in [-0.25, -0.2) is 4.79 Å². The zero-order valence-electron chi connectivity index (χ0n) is 11.3. The number of amides is 1. The van der Waals surface area contributed by atoms with E-state index in [1.54, 1.807) is 16.7 Å². The van der Waals surface area contributed by atoms with Gasteiger partial charge < -0.3 is 14.7 Å². The van der Waals surface area contributed by atoms with Gasteiger partial charge in [-0.15, -0.1) is 0 Å². The summed E-state index contributed by atoms with van der Waals surface area (Å²) < 4.78 is 5.23. The van der Waals surface area contributed by atoms with Crippen molar-refractivity contribution in [2.45, 2.75) is 51.0 Å². The second-order valence-electron chi connectivity index (χ2n) is 5.82. The SMILES string of the molecule is CC(C)(C)OC(=O)N1CCSC(C)(C)C1CO. The number of aliphatic hydroxyl groups excluding tert-OH is 1. The van der Waals surface area contributed by atoms with E-state index >= 15 is 0 Å². The fourth-order valence-corrected chi connectivity index (χ4v) is 3.10. The van der Waals surface area contributed by atoms with E-state index in [1.807, 2.05) is 20.8 Å². The third kappa shape index (κ3) is 3.78. The standard InChI is InChI=1S/C12H23NO3S/c1-11(2,3)16-10(15)13-6-7-17-12(4,5)9(13)8-14/h9,14H,6-8H2,1-5H3. The summed E-state index contributed by atoms with van der Waals surface area (Å²) in [6, 6.07) is -0.184. The molecule has 1 amide bonds. The lowest BCUT2D eigenvalue weighted by molar-refractivity contribution is 0.00532. The second-order valence-corrected chi connectivity index (χ2v) is 7.57. The van der Waals surface area contributed by atoms with E-state index in [0.717, 1.165) is 5.75 Å². The summed E-state index contributed by atoms with van der Waals surface area (Å²) in [5.41, 5.74) is -0.494. The maximum absolute atomic E-state index is 12.1. The van der Waals surface area contributed by atoms with Crippen LogP contribution in [0, 0.1) is 0 Å². The van der Waals surface area contributed by atoms with Crippen molar-refractivity contribution in [3.8, 4) is 0 Å². The largest absolute Gasteiger partial charge is 0.444 e. The molecule has 1 aliphatic rings. The lowest BCUT2D eigenvalue weighted by Gasteiger charge is -2.45. The average molecular weight is 261 g/mol. The Morgan fingerprint density at radius 3 is 2.59 bits per heavy atom. The molecule has 0 aromatic rings. The molecule has 0 bridgehead atoms. The van der Waals surface area contributed by atoms with Crippen LogP contribution in [0.2, 0.25) is 0 Å². The highest BCUT2D eigenvalue weighted by atomic mass is 32.2. The fraction of sp³-hybridized carbons (Fsp3) is 0.917. The first kappa shape index (κ1) is 14.6. The Morgan fingerprint density at radius 2 is 2.12 bits per heavy atom. The highest BCUT2D eigenvalue weighted by Gasteiger charge is 2.41. The van der Waals surface area contributed by atoms with Gasteiger partial charge in [-0.05, 0) is 34.6 Å². The van der Waals surface area contributed by atoms with Crippen LogP contribution in [0.3, 0.4) is 0 Å². The van der Waals surface area contributed by atoms with Crippen LogP contribution in [0.15, 0.2) is 0 Å². The molecule has 1 atom stereocenters. The molecule has 0 saturated carbocycles. The van der Waals surface area contributed by atoms with Gasteiger partial charge in [-0.1, -0.05) is 0 Å². The monoisotopic (exact) mass is 261 g/mol. The predicted molar refractivity (Wildman–Crippen MR) is 70.4 cm³/mol. The molecule has 0 spiro atoms. The highest BCUT2D eigenvalue weighted by Crippen LogP contribution is 2.35. The van der Waals surface area contributed by atoms with E-state index < -0.39 is 5.60 Å². The van der Waals surface area contributed by atoms with Gasteiger partial charge in [-0.2, -0.15) is 11.8 Å². The van der Waals surface area contributed by atoms with E-state index in [2.05, 4.69) is 13.8 Å². The van der Waals surface area contributed by atoms with Crippen LogP contribution in [-0.4, -0.2) is 51.4 Å². The van der Waals surface area contributed by atoms with Gasteiger partial charge in [0.1, 0.15) is 5.60 Å². The van der Waals surface area contributed by atoms with Crippen LogP contribution in [-0.2, 0) is 4.74 Å². The molecule has 1 N–H and O–H groups in total. The Morgan fingerprint density at radius 1 is 1.53 bits per heavy atom. The Hall–Kier alpha value is -0.420. The average Bonchev–Trinajstić information content (AvgIpc) is 2.13. The summed E-state index contributed by atoms with van der Waals surface area (Å²) in [5.74, 6) is 0.878. The maximum Gasteiger partial charge on any atom is 0.410 e. The Labute approximate surface area is 108 Å². The van der Waals surface area contributed by atoms with Gasteiger partial charge in [0.05, 0.1) is 12.6 Å². The first-order chi connectivity index (χ1) is 7.67. The van der Waals surface area contributed by atoms with Crippen LogP contribution < -0.4 is 0 Å². The van der Waals surface area contributed by atoms with Crippen molar-refractivity contribution in [3.05, 3.63) is 0 Å². The first-order valence-electron chi connectivity index (χ1n) is 5.92. The lowest BCUT2D eigenvalue weighted by Crippen LogP contribution is -2.57. The van der Waals surface area contributed by atoms with Crippen molar-refractivity contribution < 1.29 is 14.6 Å².